The number of rotatable bonds is 8. The number of carbonyl (C=O) groups is 2. The van der Waals surface area contributed by atoms with Gasteiger partial charge in [0.05, 0.1) is 12.0 Å². The standard InChI is InChI=1S/C28H36N2O3/c1-2-15-29-16-17-30(27(31)14-13-26-12-7-18-33-26)21-25(28(29)32)20-22-8-6-11-24(19-22)23-9-4-3-5-10-23/h3-6,8-11,19,25-26H,2,7,12-18,20-21H2,1H3/t25-,26-/m0/s1. The van der Waals surface area contributed by atoms with E-state index >= 15 is 0 Å². The van der Waals surface area contributed by atoms with Gasteiger partial charge in [-0.05, 0) is 48.8 Å². The topological polar surface area (TPSA) is 49.9 Å². The van der Waals surface area contributed by atoms with Crippen molar-refractivity contribution < 1.29 is 14.3 Å². The van der Waals surface area contributed by atoms with Crippen molar-refractivity contribution in [1.82, 2.24) is 9.80 Å². The Kier molecular flexibility index (Phi) is 8.16. The third-order valence-corrected chi connectivity index (χ3v) is 6.81. The summed E-state index contributed by atoms with van der Waals surface area (Å²) in [6.45, 7) is 5.40. The summed E-state index contributed by atoms with van der Waals surface area (Å²) < 4.78 is 5.70. The van der Waals surface area contributed by atoms with Crippen molar-refractivity contribution in [3.05, 3.63) is 60.2 Å². The molecule has 2 aromatic rings. The molecule has 0 radical (unpaired) electrons. The molecule has 176 valence electrons. The highest BCUT2D eigenvalue weighted by Gasteiger charge is 2.32. The van der Waals surface area contributed by atoms with Crippen molar-refractivity contribution in [2.24, 2.45) is 5.92 Å². The van der Waals surface area contributed by atoms with Crippen LogP contribution in [0.3, 0.4) is 0 Å². The van der Waals surface area contributed by atoms with Gasteiger partial charge in [0.1, 0.15) is 0 Å². The molecule has 2 saturated heterocycles. The lowest BCUT2D eigenvalue weighted by atomic mass is 9.94. The lowest BCUT2D eigenvalue weighted by Gasteiger charge is -2.24. The van der Waals surface area contributed by atoms with Gasteiger partial charge in [0.25, 0.3) is 0 Å². The molecule has 2 aromatic carbocycles. The minimum Gasteiger partial charge on any atom is -0.378 e. The molecule has 33 heavy (non-hydrogen) atoms. The van der Waals surface area contributed by atoms with E-state index in [0.29, 0.717) is 32.5 Å². The molecule has 2 amide bonds. The van der Waals surface area contributed by atoms with E-state index < -0.39 is 0 Å². The first-order valence-electron chi connectivity index (χ1n) is 12.5. The summed E-state index contributed by atoms with van der Waals surface area (Å²) in [6, 6.07) is 18.8. The molecular formula is C28H36N2O3. The Balaban J connectivity index is 1.47. The van der Waals surface area contributed by atoms with E-state index in [2.05, 4.69) is 43.3 Å². The lowest BCUT2D eigenvalue weighted by molar-refractivity contribution is -0.135. The molecule has 5 nitrogen and oxygen atoms in total. The fourth-order valence-electron chi connectivity index (χ4n) is 5.02. The molecule has 2 heterocycles. The van der Waals surface area contributed by atoms with Crippen molar-refractivity contribution in [2.75, 3.05) is 32.8 Å². The zero-order chi connectivity index (χ0) is 23.0. The van der Waals surface area contributed by atoms with E-state index in [1.165, 1.54) is 5.56 Å². The zero-order valence-corrected chi connectivity index (χ0v) is 19.7. The van der Waals surface area contributed by atoms with Gasteiger partial charge in [-0.1, -0.05) is 61.5 Å². The average Bonchev–Trinajstić information content (AvgIpc) is 3.32. The van der Waals surface area contributed by atoms with Crippen molar-refractivity contribution in [2.45, 2.75) is 51.6 Å². The molecule has 0 saturated carbocycles. The second-order valence-corrected chi connectivity index (χ2v) is 9.31. The van der Waals surface area contributed by atoms with E-state index in [4.69, 9.17) is 4.74 Å². The number of carbonyl (C=O) groups excluding carboxylic acids is 2. The summed E-state index contributed by atoms with van der Waals surface area (Å²) in [5.74, 6) is 0.118. The number of amides is 2. The van der Waals surface area contributed by atoms with Crippen LogP contribution < -0.4 is 0 Å². The van der Waals surface area contributed by atoms with Crippen molar-refractivity contribution in [3.8, 4) is 11.1 Å². The molecule has 2 aliphatic heterocycles. The van der Waals surface area contributed by atoms with Crippen LogP contribution in [0.5, 0.6) is 0 Å². The fourth-order valence-corrected chi connectivity index (χ4v) is 5.02. The molecule has 0 bridgehead atoms. The second kappa shape index (κ2) is 11.5. The highest BCUT2D eigenvalue weighted by Crippen LogP contribution is 2.24. The zero-order valence-electron chi connectivity index (χ0n) is 19.7. The third-order valence-electron chi connectivity index (χ3n) is 6.81. The monoisotopic (exact) mass is 448 g/mol. The molecule has 0 aliphatic carbocycles. The molecule has 2 fully saturated rings. The molecule has 0 N–H and O–H groups in total. The Morgan fingerprint density at radius 1 is 1.06 bits per heavy atom. The number of hydrogen-bond acceptors (Lipinski definition) is 3. The van der Waals surface area contributed by atoms with Gasteiger partial charge in [-0.25, -0.2) is 0 Å². The fraction of sp³-hybridized carbons (Fsp3) is 0.500. The van der Waals surface area contributed by atoms with Gasteiger partial charge >= 0.3 is 0 Å². The van der Waals surface area contributed by atoms with E-state index in [1.807, 2.05) is 28.0 Å². The summed E-state index contributed by atoms with van der Waals surface area (Å²) in [5.41, 5.74) is 3.47. The minimum absolute atomic E-state index is 0.152. The second-order valence-electron chi connectivity index (χ2n) is 9.31. The van der Waals surface area contributed by atoms with Crippen molar-refractivity contribution in [1.29, 1.82) is 0 Å². The quantitative estimate of drug-likeness (QED) is 0.595. The number of ether oxygens (including phenoxy) is 1. The third kappa shape index (κ3) is 6.23. The van der Waals surface area contributed by atoms with Crippen LogP contribution in [0.4, 0.5) is 0 Å². The van der Waals surface area contributed by atoms with Gasteiger partial charge < -0.3 is 14.5 Å². The maximum Gasteiger partial charge on any atom is 0.227 e. The Labute approximate surface area is 197 Å². The van der Waals surface area contributed by atoms with Gasteiger partial charge in [0.15, 0.2) is 0 Å². The molecule has 5 heteroatoms. The van der Waals surface area contributed by atoms with E-state index in [-0.39, 0.29) is 23.8 Å². The van der Waals surface area contributed by atoms with Crippen LogP contribution in [-0.2, 0) is 20.7 Å². The van der Waals surface area contributed by atoms with Crippen LogP contribution >= 0.6 is 0 Å². The normalized spacial score (nSPS) is 21.3. The number of benzene rings is 2. The Hall–Kier alpha value is -2.66. The molecular weight excluding hydrogens is 412 g/mol. The first kappa shape index (κ1) is 23.5. The largest absolute Gasteiger partial charge is 0.378 e. The van der Waals surface area contributed by atoms with Crippen LogP contribution in [-0.4, -0.2) is 60.5 Å². The Bertz CT molecular complexity index is 924. The average molecular weight is 449 g/mol. The van der Waals surface area contributed by atoms with Crippen LogP contribution in [0.25, 0.3) is 11.1 Å². The maximum absolute atomic E-state index is 13.4. The van der Waals surface area contributed by atoms with Gasteiger partial charge in [0.2, 0.25) is 11.8 Å². The highest BCUT2D eigenvalue weighted by molar-refractivity contribution is 5.82. The van der Waals surface area contributed by atoms with E-state index in [1.54, 1.807) is 0 Å². The smallest absolute Gasteiger partial charge is 0.227 e. The van der Waals surface area contributed by atoms with Crippen LogP contribution in [0.1, 0.15) is 44.6 Å². The number of nitrogens with zero attached hydrogens (tertiary/aromatic N) is 2. The van der Waals surface area contributed by atoms with Crippen LogP contribution in [0.2, 0.25) is 0 Å². The molecule has 0 unspecified atom stereocenters. The molecule has 2 aliphatic rings. The minimum atomic E-state index is -0.211. The Morgan fingerprint density at radius 3 is 2.64 bits per heavy atom. The Morgan fingerprint density at radius 2 is 1.88 bits per heavy atom. The van der Waals surface area contributed by atoms with Crippen molar-refractivity contribution >= 4 is 11.8 Å². The summed E-state index contributed by atoms with van der Waals surface area (Å²) >= 11 is 0. The summed E-state index contributed by atoms with van der Waals surface area (Å²) in [5, 5.41) is 0. The van der Waals surface area contributed by atoms with Crippen LogP contribution in [0.15, 0.2) is 54.6 Å². The highest BCUT2D eigenvalue weighted by atomic mass is 16.5. The van der Waals surface area contributed by atoms with Crippen molar-refractivity contribution in [3.63, 3.8) is 0 Å². The van der Waals surface area contributed by atoms with E-state index in [9.17, 15) is 9.59 Å². The number of hydrogen-bond donors (Lipinski definition) is 0. The van der Waals surface area contributed by atoms with E-state index in [0.717, 1.165) is 50.0 Å². The summed E-state index contributed by atoms with van der Waals surface area (Å²) in [7, 11) is 0. The molecule has 0 spiro atoms. The van der Waals surface area contributed by atoms with Gasteiger partial charge in [0, 0.05) is 39.2 Å². The maximum atomic E-state index is 13.4. The van der Waals surface area contributed by atoms with Gasteiger partial charge in [-0.2, -0.15) is 0 Å². The first-order valence-corrected chi connectivity index (χ1v) is 12.5. The SMILES string of the molecule is CCCN1CCN(C(=O)CC[C@@H]2CCCO2)C[C@H](Cc2cccc(-c3ccccc3)c2)C1=O. The molecule has 2 atom stereocenters. The first-order chi connectivity index (χ1) is 16.1. The molecule has 4 rings (SSSR count). The van der Waals surface area contributed by atoms with Gasteiger partial charge in [-0.15, -0.1) is 0 Å². The predicted octanol–water partition coefficient (Wildman–Crippen LogP) is 4.55. The predicted molar refractivity (Wildman–Crippen MR) is 131 cm³/mol. The van der Waals surface area contributed by atoms with Crippen LogP contribution in [0, 0.1) is 5.92 Å². The van der Waals surface area contributed by atoms with Gasteiger partial charge in [-0.3, -0.25) is 9.59 Å². The lowest BCUT2D eigenvalue weighted by Crippen LogP contribution is -2.38. The summed E-state index contributed by atoms with van der Waals surface area (Å²) in [6.07, 6.45) is 5.22. The molecule has 0 aromatic heterocycles. The summed E-state index contributed by atoms with van der Waals surface area (Å²) in [4.78, 5) is 30.3.